The maximum absolute atomic E-state index is 13.5. The van der Waals surface area contributed by atoms with Gasteiger partial charge in [0.25, 0.3) is 5.91 Å². The number of aliphatic carboxylic acids is 1. The van der Waals surface area contributed by atoms with E-state index in [1.807, 2.05) is 0 Å². The molecule has 0 aromatic heterocycles. The molecule has 110 valence electrons. The normalized spacial score (nSPS) is 13.7. The lowest BCUT2D eigenvalue weighted by Gasteiger charge is -2.23. The fourth-order valence-corrected chi connectivity index (χ4v) is 1.55. The molecule has 2 N–H and O–H groups in total. The molecule has 0 heterocycles. The molecule has 0 fully saturated rings. The molecule has 0 aliphatic rings. The number of nitrogens with one attached hydrogen (secondary N) is 1. The van der Waals surface area contributed by atoms with Gasteiger partial charge in [-0.1, -0.05) is 6.92 Å². The van der Waals surface area contributed by atoms with E-state index in [1.165, 1.54) is 13.8 Å². The molecule has 20 heavy (non-hydrogen) atoms. The topological polar surface area (TPSA) is 66.4 Å². The smallest absolute Gasteiger partial charge is 0.311 e. The summed E-state index contributed by atoms with van der Waals surface area (Å²) in [6.45, 7) is 4.46. The summed E-state index contributed by atoms with van der Waals surface area (Å²) in [5, 5.41) is 11.5. The Hall–Kier alpha value is -1.98. The summed E-state index contributed by atoms with van der Waals surface area (Å²) in [7, 11) is 0. The number of carboxylic acid groups (broad SMARTS) is 1. The van der Waals surface area contributed by atoms with Crippen LogP contribution < -0.4 is 5.32 Å². The van der Waals surface area contributed by atoms with E-state index < -0.39 is 28.9 Å². The predicted molar refractivity (Wildman–Crippen MR) is 69.5 cm³/mol. The summed E-state index contributed by atoms with van der Waals surface area (Å²) in [6.07, 6.45) is 0.313. The second-order valence-electron chi connectivity index (χ2n) is 4.98. The van der Waals surface area contributed by atoms with Crippen molar-refractivity contribution in [1.82, 2.24) is 5.32 Å². The average molecular weight is 285 g/mol. The molecule has 0 saturated carbocycles. The zero-order valence-electron chi connectivity index (χ0n) is 11.6. The Morgan fingerprint density at radius 3 is 2.40 bits per heavy atom. The van der Waals surface area contributed by atoms with Gasteiger partial charge in [-0.05, 0) is 31.9 Å². The van der Waals surface area contributed by atoms with Gasteiger partial charge >= 0.3 is 5.97 Å². The minimum absolute atomic E-state index is 0.131. The van der Waals surface area contributed by atoms with Crippen LogP contribution in [0.4, 0.5) is 8.78 Å². The zero-order valence-corrected chi connectivity index (χ0v) is 11.6. The summed E-state index contributed by atoms with van der Waals surface area (Å²) in [6, 6.07) is 1.74. The van der Waals surface area contributed by atoms with Gasteiger partial charge in [0.05, 0.1) is 11.0 Å². The zero-order chi connectivity index (χ0) is 15.5. The van der Waals surface area contributed by atoms with Crippen LogP contribution in [0.2, 0.25) is 0 Å². The number of aryl methyl sites for hydroxylation is 1. The SMILES string of the molecule is CCC(C)(CNC(=O)c1cc(C)c(F)cc1F)C(=O)O. The van der Waals surface area contributed by atoms with Crippen LogP contribution in [-0.2, 0) is 4.79 Å². The van der Waals surface area contributed by atoms with Crippen molar-refractivity contribution in [3.63, 3.8) is 0 Å². The Labute approximate surface area is 115 Å². The van der Waals surface area contributed by atoms with Crippen molar-refractivity contribution in [3.8, 4) is 0 Å². The van der Waals surface area contributed by atoms with Gasteiger partial charge in [-0.25, -0.2) is 8.78 Å². The molecule has 0 bridgehead atoms. The lowest BCUT2D eigenvalue weighted by atomic mass is 9.87. The average Bonchev–Trinajstić information content (AvgIpc) is 2.39. The van der Waals surface area contributed by atoms with Crippen LogP contribution in [-0.4, -0.2) is 23.5 Å². The highest BCUT2D eigenvalue weighted by atomic mass is 19.1. The standard InChI is InChI=1S/C14H17F2NO3/c1-4-14(3,13(19)20)7-17-12(18)9-5-8(2)10(15)6-11(9)16/h5-6H,4,7H2,1-3H3,(H,17,18)(H,19,20). The molecule has 0 radical (unpaired) electrons. The molecule has 0 aliphatic carbocycles. The first-order chi connectivity index (χ1) is 9.21. The van der Waals surface area contributed by atoms with E-state index in [4.69, 9.17) is 5.11 Å². The van der Waals surface area contributed by atoms with E-state index in [0.29, 0.717) is 12.5 Å². The van der Waals surface area contributed by atoms with Gasteiger partial charge in [0.2, 0.25) is 0 Å². The van der Waals surface area contributed by atoms with E-state index in [2.05, 4.69) is 5.32 Å². The van der Waals surface area contributed by atoms with Gasteiger partial charge in [0, 0.05) is 12.6 Å². The van der Waals surface area contributed by atoms with Gasteiger partial charge in [-0.2, -0.15) is 0 Å². The third kappa shape index (κ3) is 3.31. The van der Waals surface area contributed by atoms with Crippen LogP contribution in [0, 0.1) is 24.0 Å². The lowest BCUT2D eigenvalue weighted by molar-refractivity contribution is -0.147. The molecule has 1 rings (SSSR count). The second-order valence-corrected chi connectivity index (χ2v) is 4.98. The highest BCUT2D eigenvalue weighted by Crippen LogP contribution is 2.20. The second kappa shape index (κ2) is 5.98. The number of amides is 1. The quantitative estimate of drug-likeness (QED) is 0.873. The van der Waals surface area contributed by atoms with Crippen molar-refractivity contribution in [1.29, 1.82) is 0 Å². The number of carboxylic acids is 1. The van der Waals surface area contributed by atoms with Crippen molar-refractivity contribution in [2.24, 2.45) is 5.41 Å². The molecule has 0 aliphatic heterocycles. The minimum Gasteiger partial charge on any atom is -0.481 e. The van der Waals surface area contributed by atoms with Crippen LogP contribution >= 0.6 is 0 Å². The Morgan fingerprint density at radius 2 is 1.90 bits per heavy atom. The van der Waals surface area contributed by atoms with Crippen LogP contribution in [0.5, 0.6) is 0 Å². The van der Waals surface area contributed by atoms with Gasteiger partial charge in [0.1, 0.15) is 11.6 Å². The van der Waals surface area contributed by atoms with Crippen LogP contribution in [0.25, 0.3) is 0 Å². The predicted octanol–water partition coefficient (Wildman–Crippen LogP) is 2.50. The minimum atomic E-state index is -1.12. The van der Waals surface area contributed by atoms with Crippen LogP contribution in [0.1, 0.15) is 36.2 Å². The molecular formula is C14H17F2NO3. The van der Waals surface area contributed by atoms with Crippen molar-refractivity contribution >= 4 is 11.9 Å². The molecule has 0 spiro atoms. The van der Waals surface area contributed by atoms with Gasteiger partial charge in [-0.15, -0.1) is 0 Å². The number of rotatable bonds is 5. The molecule has 1 amide bonds. The largest absolute Gasteiger partial charge is 0.481 e. The van der Waals surface area contributed by atoms with Gasteiger partial charge in [0.15, 0.2) is 0 Å². The van der Waals surface area contributed by atoms with Crippen molar-refractivity contribution in [3.05, 3.63) is 34.9 Å². The van der Waals surface area contributed by atoms with E-state index >= 15 is 0 Å². The fourth-order valence-electron chi connectivity index (χ4n) is 1.55. The third-order valence-corrected chi connectivity index (χ3v) is 3.43. The molecule has 0 saturated heterocycles. The molecule has 1 atom stereocenters. The Kier molecular flexibility index (Phi) is 4.81. The maximum atomic E-state index is 13.5. The van der Waals surface area contributed by atoms with Crippen molar-refractivity contribution in [2.45, 2.75) is 27.2 Å². The monoisotopic (exact) mass is 285 g/mol. The van der Waals surface area contributed by atoms with Crippen LogP contribution in [0.3, 0.4) is 0 Å². The number of hydrogen-bond donors (Lipinski definition) is 2. The number of carbonyl (C=O) groups excluding carboxylic acids is 1. The summed E-state index contributed by atoms with van der Waals surface area (Å²) in [5.41, 5.74) is -1.28. The third-order valence-electron chi connectivity index (χ3n) is 3.43. The summed E-state index contributed by atoms with van der Waals surface area (Å²) in [4.78, 5) is 22.9. The van der Waals surface area contributed by atoms with E-state index in [-0.39, 0.29) is 17.7 Å². The number of benzene rings is 1. The highest BCUT2D eigenvalue weighted by Gasteiger charge is 2.31. The summed E-state index contributed by atoms with van der Waals surface area (Å²) >= 11 is 0. The maximum Gasteiger partial charge on any atom is 0.311 e. The first kappa shape index (κ1) is 16.1. The van der Waals surface area contributed by atoms with Crippen molar-refractivity contribution in [2.75, 3.05) is 6.54 Å². The Balaban J connectivity index is 2.88. The first-order valence-electron chi connectivity index (χ1n) is 6.18. The Bertz CT molecular complexity index is 545. The molecule has 1 unspecified atom stereocenters. The van der Waals surface area contributed by atoms with E-state index in [1.54, 1.807) is 6.92 Å². The highest BCUT2D eigenvalue weighted by molar-refractivity contribution is 5.95. The Morgan fingerprint density at radius 1 is 1.30 bits per heavy atom. The number of halogens is 2. The first-order valence-corrected chi connectivity index (χ1v) is 6.18. The number of hydrogen-bond acceptors (Lipinski definition) is 2. The van der Waals surface area contributed by atoms with Crippen molar-refractivity contribution < 1.29 is 23.5 Å². The van der Waals surface area contributed by atoms with Crippen LogP contribution in [0.15, 0.2) is 12.1 Å². The molecule has 1 aromatic rings. The molecule has 6 heteroatoms. The summed E-state index contributed by atoms with van der Waals surface area (Å²) < 4.78 is 26.6. The van der Waals surface area contributed by atoms with E-state index in [0.717, 1.165) is 6.07 Å². The molecular weight excluding hydrogens is 268 g/mol. The molecule has 1 aromatic carbocycles. The fraction of sp³-hybridized carbons (Fsp3) is 0.429. The van der Waals surface area contributed by atoms with E-state index in [9.17, 15) is 18.4 Å². The number of carbonyl (C=O) groups is 2. The van der Waals surface area contributed by atoms with Gasteiger partial charge in [-0.3, -0.25) is 9.59 Å². The lowest BCUT2D eigenvalue weighted by Crippen LogP contribution is -2.40. The molecule has 4 nitrogen and oxygen atoms in total. The van der Waals surface area contributed by atoms with Gasteiger partial charge < -0.3 is 10.4 Å². The summed E-state index contributed by atoms with van der Waals surface area (Å²) in [5.74, 6) is -3.51.